The summed E-state index contributed by atoms with van der Waals surface area (Å²) in [5, 5.41) is 0. The molecule has 2 fully saturated rings. The van der Waals surface area contributed by atoms with Crippen LogP contribution in [-0.4, -0.2) is 11.9 Å². The lowest BCUT2D eigenvalue weighted by Gasteiger charge is -2.31. The predicted octanol–water partition coefficient (Wildman–Crippen LogP) is 6.78. The zero-order chi connectivity index (χ0) is 21.5. The van der Waals surface area contributed by atoms with Crippen molar-refractivity contribution in [1.82, 2.24) is 0 Å². The van der Waals surface area contributed by atoms with E-state index < -0.39 is 0 Å². The van der Waals surface area contributed by atoms with Crippen LogP contribution in [0.4, 0.5) is 0 Å². The van der Waals surface area contributed by atoms with Crippen molar-refractivity contribution in [2.24, 2.45) is 11.8 Å². The van der Waals surface area contributed by atoms with Crippen LogP contribution in [0.5, 0.6) is 0 Å². The molecule has 0 N–H and O–H groups in total. The van der Waals surface area contributed by atoms with Gasteiger partial charge in [0.05, 0.1) is 11.8 Å². The Morgan fingerprint density at radius 1 is 0.581 bits per heavy atom. The largest absolute Gasteiger partial charge is 0.392 e. The summed E-state index contributed by atoms with van der Waals surface area (Å²) in [6.07, 6.45) is 11.1. The van der Waals surface area contributed by atoms with E-state index in [4.69, 9.17) is 4.74 Å². The third-order valence-corrected chi connectivity index (χ3v) is 7.27. The number of carbonyl (C=O) groups excluding carboxylic acids is 2. The van der Waals surface area contributed by atoms with Crippen LogP contribution in [0.2, 0.25) is 0 Å². The van der Waals surface area contributed by atoms with Gasteiger partial charge in [-0.3, -0.25) is 9.59 Å². The van der Waals surface area contributed by atoms with E-state index in [1.54, 1.807) is 0 Å². The summed E-state index contributed by atoms with van der Waals surface area (Å²) in [5.74, 6) is -0.927. The number of rotatable bonds is 6. The van der Waals surface area contributed by atoms with E-state index in [2.05, 4.69) is 0 Å². The molecule has 31 heavy (non-hydrogen) atoms. The van der Waals surface area contributed by atoms with Crippen molar-refractivity contribution >= 4 is 11.9 Å². The van der Waals surface area contributed by atoms with Crippen molar-refractivity contribution < 1.29 is 14.3 Å². The molecule has 2 atom stereocenters. The Morgan fingerprint density at radius 2 is 0.935 bits per heavy atom. The highest BCUT2D eigenvalue weighted by Crippen LogP contribution is 2.39. The highest BCUT2D eigenvalue weighted by molar-refractivity contribution is 5.92. The molecule has 3 nitrogen and oxygen atoms in total. The van der Waals surface area contributed by atoms with Crippen LogP contribution in [0.1, 0.15) is 87.2 Å². The molecule has 2 aromatic carbocycles. The van der Waals surface area contributed by atoms with Crippen LogP contribution in [0, 0.1) is 11.8 Å². The summed E-state index contributed by atoms with van der Waals surface area (Å²) in [5.41, 5.74) is 1.95. The molecule has 0 amide bonds. The average molecular weight is 419 g/mol. The van der Waals surface area contributed by atoms with Gasteiger partial charge >= 0.3 is 11.9 Å². The molecule has 0 bridgehead atoms. The SMILES string of the molecule is O=C(OC(=O)[C@H](c1ccccc1)C1CCCCC1)[C@H](c1ccccc1)C1CCCCC1. The van der Waals surface area contributed by atoms with Crippen LogP contribution in [0.3, 0.4) is 0 Å². The highest BCUT2D eigenvalue weighted by atomic mass is 16.6. The van der Waals surface area contributed by atoms with Crippen LogP contribution >= 0.6 is 0 Å². The summed E-state index contributed by atoms with van der Waals surface area (Å²) in [6, 6.07) is 19.8. The lowest BCUT2D eigenvalue weighted by molar-refractivity contribution is -0.164. The van der Waals surface area contributed by atoms with Gasteiger partial charge in [0.2, 0.25) is 0 Å². The third-order valence-electron chi connectivity index (χ3n) is 7.27. The monoisotopic (exact) mass is 418 g/mol. The maximum Gasteiger partial charge on any atom is 0.321 e. The van der Waals surface area contributed by atoms with Gasteiger partial charge in [-0.2, -0.15) is 0 Å². The maximum atomic E-state index is 13.4. The molecular weight excluding hydrogens is 384 g/mol. The summed E-state index contributed by atoms with van der Waals surface area (Å²) in [6.45, 7) is 0. The first-order valence-electron chi connectivity index (χ1n) is 12.1. The first-order chi connectivity index (χ1) is 15.2. The molecule has 0 spiro atoms. The molecule has 3 heteroatoms. The predicted molar refractivity (Wildman–Crippen MR) is 123 cm³/mol. The first-order valence-corrected chi connectivity index (χ1v) is 12.1. The molecule has 164 valence electrons. The minimum Gasteiger partial charge on any atom is -0.392 e. The Hall–Kier alpha value is -2.42. The van der Waals surface area contributed by atoms with E-state index in [-0.39, 0.29) is 35.6 Å². The molecule has 0 aromatic heterocycles. The van der Waals surface area contributed by atoms with Crippen molar-refractivity contribution in [1.29, 1.82) is 0 Å². The standard InChI is InChI=1S/C28H34O3/c29-27(25(21-13-5-1-6-14-21)22-15-7-2-8-16-22)31-28(30)26(23-17-9-3-10-18-23)24-19-11-4-12-20-24/h1,3,5-6,9-10,13-14,17-18,22,24-26H,2,4,7-8,11-12,15-16,19-20H2/t25-,26-/m1/s1. The zero-order valence-electron chi connectivity index (χ0n) is 18.4. The molecule has 0 radical (unpaired) electrons. The van der Waals surface area contributed by atoms with Gasteiger partial charge in [0.1, 0.15) is 0 Å². The molecule has 2 aliphatic carbocycles. The molecule has 0 unspecified atom stereocenters. The van der Waals surface area contributed by atoms with Gasteiger partial charge in [0, 0.05) is 0 Å². The van der Waals surface area contributed by atoms with Gasteiger partial charge < -0.3 is 4.74 Å². The van der Waals surface area contributed by atoms with E-state index >= 15 is 0 Å². The van der Waals surface area contributed by atoms with Gasteiger partial charge in [-0.05, 0) is 48.6 Å². The van der Waals surface area contributed by atoms with Crippen LogP contribution < -0.4 is 0 Å². The van der Waals surface area contributed by atoms with Crippen molar-refractivity contribution in [3.05, 3.63) is 71.8 Å². The zero-order valence-corrected chi connectivity index (χ0v) is 18.4. The van der Waals surface area contributed by atoms with Crippen LogP contribution in [0.25, 0.3) is 0 Å². The third kappa shape index (κ3) is 5.44. The van der Waals surface area contributed by atoms with Gasteiger partial charge in [-0.15, -0.1) is 0 Å². The molecule has 0 saturated heterocycles. The second kappa shape index (κ2) is 10.7. The number of hydrogen-bond donors (Lipinski definition) is 0. The Kier molecular flexibility index (Phi) is 7.56. The topological polar surface area (TPSA) is 43.4 Å². The molecule has 2 aromatic rings. The molecule has 2 saturated carbocycles. The van der Waals surface area contributed by atoms with E-state index in [1.807, 2.05) is 60.7 Å². The van der Waals surface area contributed by atoms with Gasteiger partial charge in [-0.25, -0.2) is 0 Å². The second-order valence-electron chi connectivity index (χ2n) is 9.31. The Morgan fingerprint density at radius 3 is 1.29 bits per heavy atom. The van der Waals surface area contributed by atoms with E-state index in [0.717, 1.165) is 62.5 Å². The lowest BCUT2D eigenvalue weighted by Crippen LogP contribution is -2.32. The Labute approximate surface area is 186 Å². The smallest absolute Gasteiger partial charge is 0.321 e. The Balaban J connectivity index is 1.56. The molecule has 0 heterocycles. The minimum absolute atomic E-state index is 0.251. The number of esters is 2. The van der Waals surface area contributed by atoms with E-state index in [9.17, 15) is 9.59 Å². The summed E-state index contributed by atoms with van der Waals surface area (Å²) in [4.78, 5) is 26.9. The number of carbonyl (C=O) groups is 2. The summed E-state index contributed by atoms with van der Waals surface area (Å²) >= 11 is 0. The fourth-order valence-electron chi connectivity index (χ4n) is 5.68. The molecule has 0 aliphatic heterocycles. The highest BCUT2D eigenvalue weighted by Gasteiger charge is 2.37. The quantitative estimate of drug-likeness (QED) is 0.383. The van der Waals surface area contributed by atoms with E-state index in [1.165, 1.54) is 12.8 Å². The fourth-order valence-corrected chi connectivity index (χ4v) is 5.68. The Bertz CT molecular complexity index is 762. The number of benzene rings is 2. The maximum absolute atomic E-state index is 13.4. The van der Waals surface area contributed by atoms with Crippen molar-refractivity contribution in [2.75, 3.05) is 0 Å². The van der Waals surface area contributed by atoms with Crippen LogP contribution in [0.15, 0.2) is 60.7 Å². The fraction of sp³-hybridized carbons (Fsp3) is 0.500. The molecule has 4 rings (SSSR count). The molecular formula is C28H34O3. The van der Waals surface area contributed by atoms with Gasteiger partial charge in [-0.1, -0.05) is 99.2 Å². The van der Waals surface area contributed by atoms with Crippen LogP contribution in [-0.2, 0) is 14.3 Å². The normalized spacial score (nSPS) is 20.0. The van der Waals surface area contributed by atoms with Crippen molar-refractivity contribution in [3.63, 3.8) is 0 Å². The summed E-state index contributed by atoms with van der Waals surface area (Å²) < 4.78 is 5.71. The van der Waals surface area contributed by atoms with Crippen molar-refractivity contribution in [3.8, 4) is 0 Å². The van der Waals surface area contributed by atoms with E-state index in [0.29, 0.717) is 0 Å². The van der Waals surface area contributed by atoms with Gasteiger partial charge in [0.15, 0.2) is 0 Å². The second-order valence-corrected chi connectivity index (χ2v) is 9.31. The van der Waals surface area contributed by atoms with Gasteiger partial charge in [0.25, 0.3) is 0 Å². The number of ether oxygens (including phenoxy) is 1. The van der Waals surface area contributed by atoms with Crippen molar-refractivity contribution in [2.45, 2.75) is 76.0 Å². The lowest BCUT2D eigenvalue weighted by atomic mass is 9.76. The molecule has 2 aliphatic rings. The summed E-state index contributed by atoms with van der Waals surface area (Å²) in [7, 11) is 0. The number of hydrogen-bond acceptors (Lipinski definition) is 3. The minimum atomic E-state index is -0.361. The average Bonchev–Trinajstić information content (AvgIpc) is 2.82. The first kappa shape index (κ1) is 21.8.